The van der Waals surface area contributed by atoms with Crippen LogP contribution in [0.25, 0.3) is 0 Å². The van der Waals surface area contributed by atoms with Gasteiger partial charge in [-0.1, -0.05) is 23.7 Å². The van der Waals surface area contributed by atoms with Crippen molar-refractivity contribution in [3.63, 3.8) is 0 Å². The van der Waals surface area contributed by atoms with Crippen molar-refractivity contribution in [3.8, 4) is 5.75 Å². The number of carbonyl (C=O) groups excluding carboxylic acids is 1. The van der Waals surface area contributed by atoms with Gasteiger partial charge in [-0.25, -0.2) is 4.98 Å². The van der Waals surface area contributed by atoms with Crippen molar-refractivity contribution in [3.05, 3.63) is 53.3 Å². The summed E-state index contributed by atoms with van der Waals surface area (Å²) in [7, 11) is 0. The van der Waals surface area contributed by atoms with E-state index in [0.717, 1.165) is 11.3 Å². The Morgan fingerprint density at radius 1 is 1.30 bits per heavy atom. The van der Waals surface area contributed by atoms with E-state index in [-0.39, 0.29) is 6.61 Å². The molecule has 5 nitrogen and oxygen atoms in total. The third-order valence-electron chi connectivity index (χ3n) is 2.55. The monoisotopic (exact) mass is 291 g/mol. The van der Waals surface area contributed by atoms with Crippen LogP contribution >= 0.6 is 11.6 Å². The SMILES string of the molecule is NC(=O)COc1ccc(CNc2cccnc2Cl)cc1. The highest BCUT2D eigenvalue weighted by atomic mass is 35.5. The molecule has 1 heterocycles. The Kier molecular flexibility index (Phi) is 4.79. The lowest BCUT2D eigenvalue weighted by molar-refractivity contribution is -0.119. The van der Waals surface area contributed by atoms with Crippen LogP contribution in [0.15, 0.2) is 42.6 Å². The summed E-state index contributed by atoms with van der Waals surface area (Å²) in [5, 5.41) is 3.63. The van der Waals surface area contributed by atoms with E-state index < -0.39 is 5.91 Å². The van der Waals surface area contributed by atoms with Crippen LogP contribution in [0, 0.1) is 0 Å². The number of benzene rings is 1. The number of pyridine rings is 1. The topological polar surface area (TPSA) is 77.2 Å². The molecule has 1 amide bonds. The van der Waals surface area contributed by atoms with Gasteiger partial charge in [0.1, 0.15) is 5.75 Å². The third kappa shape index (κ3) is 4.13. The zero-order valence-electron chi connectivity index (χ0n) is 10.7. The van der Waals surface area contributed by atoms with Gasteiger partial charge in [0.25, 0.3) is 5.91 Å². The number of primary amides is 1. The summed E-state index contributed by atoms with van der Waals surface area (Å²) in [5.74, 6) is 0.105. The first-order valence-electron chi connectivity index (χ1n) is 5.99. The first-order chi connectivity index (χ1) is 9.65. The summed E-state index contributed by atoms with van der Waals surface area (Å²) in [6, 6.07) is 11.0. The van der Waals surface area contributed by atoms with Gasteiger partial charge in [0.2, 0.25) is 0 Å². The average molecular weight is 292 g/mol. The molecule has 1 aromatic heterocycles. The van der Waals surface area contributed by atoms with E-state index in [2.05, 4.69) is 10.3 Å². The van der Waals surface area contributed by atoms with Crippen LogP contribution in [0.5, 0.6) is 5.75 Å². The number of aromatic nitrogens is 1. The molecule has 0 saturated heterocycles. The molecule has 104 valence electrons. The number of anilines is 1. The fraction of sp³-hybridized carbons (Fsp3) is 0.143. The lowest BCUT2D eigenvalue weighted by atomic mass is 10.2. The second kappa shape index (κ2) is 6.77. The highest BCUT2D eigenvalue weighted by molar-refractivity contribution is 6.31. The minimum Gasteiger partial charge on any atom is -0.484 e. The molecule has 0 atom stereocenters. The van der Waals surface area contributed by atoms with E-state index in [1.807, 2.05) is 24.3 Å². The number of amides is 1. The maximum absolute atomic E-state index is 10.6. The van der Waals surface area contributed by atoms with Crippen LogP contribution in [0.3, 0.4) is 0 Å². The number of rotatable bonds is 6. The maximum Gasteiger partial charge on any atom is 0.255 e. The number of nitrogens with zero attached hydrogens (tertiary/aromatic N) is 1. The van der Waals surface area contributed by atoms with Gasteiger partial charge in [0.05, 0.1) is 5.69 Å². The zero-order valence-corrected chi connectivity index (χ0v) is 11.4. The summed E-state index contributed by atoms with van der Waals surface area (Å²) < 4.78 is 5.18. The Balaban J connectivity index is 1.91. The smallest absolute Gasteiger partial charge is 0.255 e. The molecule has 2 aromatic rings. The van der Waals surface area contributed by atoms with Crippen molar-refractivity contribution in [2.45, 2.75) is 6.54 Å². The molecule has 3 N–H and O–H groups in total. The van der Waals surface area contributed by atoms with Crippen LogP contribution in [0.2, 0.25) is 5.15 Å². The predicted molar refractivity (Wildman–Crippen MR) is 77.7 cm³/mol. The van der Waals surface area contributed by atoms with E-state index in [4.69, 9.17) is 22.1 Å². The lowest BCUT2D eigenvalue weighted by Crippen LogP contribution is -2.19. The lowest BCUT2D eigenvalue weighted by Gasteiger charge is -2.08. The fourth-order valence-electron chi connectivity index (χ4n) is 1.57. The number of hydrogen-bond donors (Lipinski definition) is 2. The number of nitrogens with two attached hydrogens (primary N) is 1. The quantitative estimate of drug-likeness (QED) is 0.800. The molecule has 2 rings (SSSR count). The van der Waals surface area contributed by atoms with Gasteiger partial charge < -0.3 is 15.8 Å². The second-order valence-electron chi connectivity index (χ2n) is 4.09. The Hall–Kier alpha value is -2.27. The van der Waals surface area contributed by atoms with Gasteiger partial charge in [0, 0.05) is 12.7 Å². The van der Waals surface area contributed by atoms with Crippen molar-refractivity contribution in [2.75, 3.05) is 11.9 Å². The largest absolute Gasteiger partial charge is 0.484 e. The molecule has 0 unspecified atom stereocenters. The van der Waals surface area contributed by atoms with Gasteiger partial charge in [-0.05, 0) is 29.8 Å². The number of ether oxygens (including phenoxy) is 1. The highest BCUT2D eigenvalue weighted by Crippen LogP contribution is 2.19. The Labute approximate surface area is 121 Å². The summed E-state index contributed by atoms with van der Waals surface area (Å²) >= 11 is 5.95. The Morgan fingerprint density at radius 3 is 2.70 bits per heavy atom. The van der Waals surface area contributed by atoms with Crippen molar-refractivity contribution in [1.29, 1.82) is 0 Å². The summed E-state index contributed by atoms with van der Waals surface area (Å²) in [5.41, 5.74) is 6.84. The molecule has 1 aromatic carbocycles. The van der Waals surface area contributed by atoms with E-state index in [1.165, 1.54) is 0 Å². The van der Waals surface area contributed by atoms with Crippen molar-refractivity contribution >= 4 is 23.2 Å². The molecule has 0 spiro atoms. The Morgan fingerprint density at radius 2 is 2.05 bits per heavy atom. The molecule has 0 saturated carbocycles. The molecular formula is C14H14ClN3O2. The molecule has 0 aliphatic heterocycles. The highest BCUT2D eigenvalue weighted by Gasteiger charge is 2.01. The first-order valence-corrected chi connectivity index (χ1v) is 6.37. The van der Waals surface area contributed by atoms with Gasteiger partial charge in [0.15, 0.2) is 11.8 Å². The molecule has 0 bridgehead atoms. The van der Waals surface area contributed by atoms with Crippen molar-refractivity contribution in [1.82, 2.24) is 4.98 Å². The number of nitrogens with one attached hydrogen (secondary N) is 1. The first kappa shape index (κ1) is 14.1. The van der Waals surface area contributed by atoms with Gasteiger partial charge in [-0.2, -0.15) is 0 Å². The Bertz CT molecular complexity index is 587. The number of halogens is 1. The summed E-state index contributed by atoms with van der Waals surface area (Å²) in [6.07, 6.45) is 1.64. The molecule has 0 fully saturated rings. The van der Waals surface area contributed by atoms with Crippen LogP contribution in [-0.4, -0.2) is 17.5 Å². The summed E-state index contributed by atoms with van der Waals surface area (Å²) in [6.45, 7) is 0.490. The van der Waals surface area contributed by atoms with Gasteiger partial charge in [-0.15, -0.1) is 0 Å². The fourth-order valence-corrected chi connectivity index (χ4v) is 1.76. The predicted octanol–water partition coefficient (Wildman–Crippen LogP) is 2.21. The van der Waals surface area contributed by atoms with Crippen molar-refractivity contribution in [2.24, 2.45) is 5.73 Å². The molecule has 20 heavy (non-hydrogen) atoms. The normalized spacial score (nSPS) is 10.1. The molecule has 0 aliphatic carbocycles. The van der Waals surface area contributed by atoms with Gasteiger partial charge >= 0.3 is 0 Å². The molecule has 0 aliphatic rings. The van der Waals surface area contributed by atoms with E-state index in [0.29, 0.717) is 17.4 Å². The van der Waals surface area contributed by atoms with Crippen LogP contribution in [-0.2, 0) is 11.3 Å². The second-order valence-corrected chi connectivity index (χ2v) is 4.45. The van der Waals surface area contributed by atoms with E-state index in [9.17, 15) is 4.79 Å². The number of carbonyl (C=O) groups is 1. The number of hydrogen-bond acceptors (Lipinski definition) is 4. The van der Waals surface area contributed by atoms with Crippen LogP contribution < -0.4 is 15.8 Å². The van der Waals surface area contributed by atoms with Crippen molar-refractivity contribution < 1.29 is 9.53 Å². The average Bonchev–Trinajstić information content (AvgIpc) is 2.45. The standard InChI is InChI=1S/C14H14ClN3O2/c15-14-12(2-1-7-17-14)18-8-10-3-5-11(6-4-10)20-9-13(16)19/h1-7,18H,8-9H2,(H2,16,19). The maximum atomic E-state index is 10.6. The van der Waals surface area contributed by atoms with E-state index in [1.54, 1.807) is 18.3 Å². The van der Waals surface area contributed by atoms with E-state index >= 15 is 0 Å². The summed E-state index contributed by atoms with van der Waals surface area (Å²) in [4.78, 5) is 14.6. The minimum atomic E-state index is -0.498. The van der Waals surface area contributed by atoms with Gasteiger partial charge in [-0.3, -0.25) is 4.79 Å². The van der Waals surface area contributed by atoms with Crippen LogP contribution in [0.4, 0.5) is 5.69 Å². The van der Waals surface area contributed by atoms with Crippen LogP contribution in [0.1, 0.15) is 5.56 Å². The third-order valence-corrected chi connectivity index (χ3v) is 2.85. The molecule has 6 heteroatoms. The zero-order chi connectivity index (χ0) is 14.4. The molecule has 0 radical (unpaired) electrons. The molecular weight excluding hydrogens is 278 g/mol. The minimum absolute atomic E-state index is 0.122.